The molecule has 3 aromatic rings. The Bertz CT molecular complexity index is 1240. The van der Waals surface area contributed by atoms with Crippen LogP contribution >= 0.6 is 23.2 Å². The highest BCUT2D eigenvalue weighted by Crippen LogP contribution is 2.42. The van der Waals surface area contributed by atoms with E-state index < -0.39 is 6.43 Å². The number of amides is 1. The van der Waals surface area contributed by atoms with Gasteiger partial charge in [-0.1, -0.05) is 29.3 Å². The number of pyridine rings is 1. The summed E-state index contributed by atoms with van der Waals surface area (Å²) in [6.07, 6.45) is -0.699. The van der Waals surface area contributed by atoms with Gasteiger partial charge in [0.25, 0.3) is 6.43 Å². The second-order valence-corrected chi connectivity index (χ2v) is 9.89. The van der Waals surface area contributed by atoms with Crippen LogP contribution in [0.2, 0.25) is 10.0 Å². The van der Waals surface area contributed by atoms with E-state index in [2.05, 4.69) is 15.0 Å². The Morgan fingerprint density at radius 1 is 1.15 bits per heavy atom. The largest absolute Gasteiger partial charge is 0.339 e. The molecule has 0 radical (unpaired) electrons. The normalized spacial score (nSPS) is 17.2. The van der Waals surface area contributed by atoms with Crippen molar-refractivity contribution in [3.05, 3.63) is 56.8 Å². The van der Waals surface area contributed by atoms with E-state index in [0.29, 0.717) is 65.2 Å². The van der Waals surface area contributed by atoms with Crippen LogP contribution in [0.4, 0.5) is 8.78 Å². The van der Waals surface area contributed by atoms with Crippen LogP contribution in [0.15, 0.2) is 24.3 Å². The first kappa shape index (κ1) is 23.5. The highest BCUT2D eigenvalue weighted by atomic mass is 35.5. The number of carbonyl (C=O) groups is 1. The molecule has 34 heavy (non-hydrogen) atoms. The third-order valence-corrected chi connectivity index (χ3v) is 7.16. The molecule has 10 heteroatoms. The lowest BCUT2D eigenvalue weighted by Crippen LogP contribution is -2.49. The fourth-order valence-electron chi connectivity index (χ4n) is 4.55. The van der Waals surface area contributed by atoms with Crippen LogP contribution in [0, 0.1) is 6.92 Å². The SMILES string of the molecule is Cc1nn(CC(=O)N2CCN(Cc3ccc(Cl)cc3Cl)CC2)c2nc(C3CC3)cc(C(F)F)c12. The number of carbonyl (C=O) groups excluding carboxylic acids is 1. The van der Waals surface area contributed by atoms with Crippen molar-refractivity contribution in [2.24, 2.45) is 0 Å². The maximum absolute atomic E-state index is 13.8. The number of rotatable bonds is 6. The number of aromatic nitrogens is 3. The van der Waals surface area contributed by atoms with Gasteiger partial charge in [-0.05, 0) is 43.5 Å². The van der Waals surface area contributed by atoms with E-state index in [1.165, 1.54) is 10.7 Å². The third-order valence-electron chi connectivity index (χ3n) is 6.58. The molecule has 2 fully saturated rings. The standard InChI is InChI=1S/C24H25Cl2F2N5O/c1-14-22-18(23(27)28)11-20(15-2-3-15)29-24(22)33(30-14)13-21(34)32-8-6-31(7-9-32)12-16-4-5-17(25)10-19(16)26/h4-5,10-11,15,23H,2-3,6-9,12-13H2,1H3. The molecule has 1 aromatic carbocycles. The molecule has 180 valence electrons. The molecule has 2 aromatic heterocycles. The quantitative estimate of drug-likeness (QED) is 0.459. The van der Waals surface area contributed by atoms with E-state index in [0.717, 1.165) is 18.4 Å². The van der Waals surface area contributed by atoms with Gasteiger partial charge in [-0.2, -0.15) is 5.10 Å². The molecule has 1 aliphatic heterocycles. The van der Waals surface area contributed by atoms with Crippen molar-refractivity contribution < 1.29 is 13.6 Å². The maximum Gasteiger partial charge on any atom is 0.264 e. The Labute approximate surface area is 206 Å². The summed E-state index contributed by atoms with van der Waals surface area (Å²) in [6.45, 7) is 4.93. The van der Waals surface area contributed by atoms with E-state index in [-0.39, 0.29) is 23.9 Å². The molecule has 1 saturated carbocycles. The summed E-state index contributed by atoms with van der Waals surface area (Å²) in [5.41, 5.74) is 2.47. The van der Waals surface area contributed by atoms with E-state index >= 15 is 0 Å². The maximum atomic E-state index is 13.8. The zero-order chi connectivity index (χ0) is 24.0. The van der Waals surface area contributed by atoms with Crippen LogP contribution in [0.3, 0.4) is 0 Å². The van der Waals surface area contributed by atoms with Gasteiger partial charge in [0.05, 0.1) is 11.1 Å². The number of fused-ring (bicyclic) bond motifs is 1. The van der Waals surface area contributed by atoms with Crippen LogP contribution in [-0.2, 0) is 17.9 Å². The molecule has 1 saturated heterocycles. The van der Waals surface area contributed by atoms with Crippen molar-refractivity contribution in [3.63, 3.8) is 0 Å². The number of aryl methyl sites for hydroxylation is 1. The topological polar surface area (TPSA) is 54.3 Å². The van der Waals surface area contributed by atoms with Crippen molar-refractivity contribution in [1.29, 1.82) is 0 Å². The van der Waals surface area contributed by atoms with Crippen LogP contribution in [0.1, 0.15) is 47.7 Å². The first-order valence-electron chi connectivity index (χ1n) is 11.4. The minimum absolute atomic E-state index is 0.0167. The minimum Gasteiger partial charge on any atom is -0.339 e. The van der Waals surface area contributed by atoms with E-state index in [1.54, 1.807) is 17.9 Å². The van der Waals surface area contributed by atoms with Gasteiger partial charge in [-0.25, -0.2) is 18.4 Å². The van der Waals surface area contributed by atoms with Crippen LogP contribution in [-0.4, -0.2) is 56.7 Å². The van der Waals surface area contributed by atoms with Gasteiger partial charge in [0, 0.05) is 59.9 Å². The molecular weight excluding hydrogens is 483 g/mol. The Kier molecular flexibility index (Phi) is 6.48. The molecule has 2 aliphatic rings. The highest BCUT2D eigenvalue weighted by molar-refractivity contribution is 6.35. The van der Waals surface area contributed by atoms with Crippen molar-refractivity contribution in [1.82, 2.24) is 24.6 Å². The Morgan fingerprint density at radius 2 is 1.88 bits per heavy atom. The molecule has 6 nitrogen and oxygen atoms in total. The molecular formula is C24H25Cl2F2N5O. The smallest absolute Gasteiger partial charge is 0.264 e. The van der Waals surface area contributed by atoms with Crippen molar-refractivity contribution in [2.45, 2.75) is 45.2 Å². The third kappa shape index (κ3) is 4.76. The molecule has 0 bridgehead atoms. The second kappa shape index (κ2) is 9.40. The van der Waals surface area contributed by atoms with Crippen molar-refractivity contribution >= 4 is 40.1 Å². The summed E-state index contributed by atoms with van der Waals surface area (Å²) in [7, 11) is 0. The molecule has 1 aliphatic carbocycles. The molecule has 3 heterocycles. The molecule has 1 amide bonds. The van der Waals surface area contributed by atoms with Crippen molar-refractivity contribution in [3.8, 4) is 0 Å². The van der Waals surface area contributed by atoms with E-state index in [1.807, 2.05) is 12.1 Å². The van der Waals surface area contributed by atoms with Crippen molar-refractivity contribution in [2.75, 3.05) is 26.2 Å². The Morgan fingerprint density at radius 3 is 2.53 bits per heavy atom. The van der Waals surface area contributed by atoms with Gasteiger partial charge in [0.15, 0.2) is 5.65 Å². The van der Waals surface area contributed by atoms with Crippen LogP contribution in [0.5, 0.6) is 0 Å². The zero-order valence-electron chi connectivity index (χ0n) is 18.8. The summed E-state index contributed by atoms with van der Waals surface area (Å²) in [6, 6.07) is 6.99. The summed E-state index contributed by atoms with van der Waals surface area (Å²) in [5, 5.41) is 6.01. The lowest BCUT2D eigenvalue weighted by atomic mass is 10.1. The Hall–Kier alpha value is -2.29. The first-order valence-corrected chi connectivity index (χ1v) is 12.2. The Balaban J connectivity index is 1.28. The lowest BCUT2D eigenvalue weighted by molar-refractivity contribution is -0.133. The second-order valence-electron chi connectivity index (χ2n) is 9.05. The van der Waals surface area contributed by atoms with Crippen LogP contribution < -0.4 is 0 Å². The highest BCUT2D eigenvalue weighted by Gasteiger charge is 2.30. The van der Waals surface area contributed by atoms with Gasteiger partial charge in [0.2, 0.25) is 5.91 Å². The van der Waals surface area contributed by atoms with E-state index in [9.17, 15) is 13.6 Å². The van der Waals surface area contributed by atoms with Crippen LogP contribution in [0.25, 0.3) is 11.0 Å². The predicted octanol–water partition coefficient (Wildman–Crippen LogP) is 5.21. The number of hydrogen-bond donors (Lipinski definition) is 0. The number of alkyl halides is 2. The number of nitrogens with zero attached hydrogens (tertiary/aromatic N) is 5. The summed E-state index contributed by atoms with van der Waals surface area (Å²) in [5.74, 6) is 0.134. The molecule has 0 N–H and O–H groups in total. The first-order chi connectivity index (χ1) is 16.3. The molecule has 0 atom stereocenters. The molecule has 0 spiro atoms. The number of hydrogen-bond acceptors (Lipinski definition) is 4. The summed E-state index contributed by atoms with van der Waals surface area (Å²) in [4.78, 5) is 21.7. The van der Waals surface area contributed by atoms with Gasteiger partial charge in [-0.15, -0.1) is 0 Å². The fourth-order valence-corrected chi connectivity index (χ4v) is 5.02. The van der Waals surface area contributed by atoms with Gasteiger partial charge >= 0.3 is 0 Å². The minimum atomic E-state index is -2.61. The fraction of sp³-hybridized carbons (Fsp3) is 0.458. The van der Waals surface area contributed by atoms with E-state index in [4.69, 9.17) is 23.2 Å². The summed E-state index contributed by atoms with van der Waals surface area (Å²) < 4.78 is 29.1. The number of benzene rings is 1. The van der Waals surface area contributed by atoms with Gasteiger partial charge in [-0.3, -0.25) is 9.69 Å². The lowest BCUT2D eigenvalue weighted by Gasteiger charge is -2.35. The summed E-state index contributed by atoms with van der Waals surface area (Å²) >= 11 is 12.3. The monoisotopic (exact) mass is 507 g/mol. The number of piperazine rings is 1. The van der Waals surface area contributed by atoms with Gasteiger partial charge in [0.1, 0.15) is 6.54 Å². The average molecular weight is 508 g/mol. The van der Waals surface area contributed by atoms with Gasteiger partial charge < -0.3 is 4.90 Å². The average Bonchev–Trinajstić information content (AvgIpc) is 3.61. The predicted molar refractivity (Wildman–Crippen MR) is 128 cm³/mol. The molecule has 5 rings (SSSR count). The molecule has 0 unspecified atom stereocenters. The zero-order valence-corrected chi connectivity index (χ0v) is 20.3. The number of halogens is 4.